The highest BCUT2D eigenvalue weighted by Crippen LogP contribution is 2.24. The summed E-state index contributed by atoms with van der Waals surface area (Å²) in [6, 6.07) is 5.32. The lowest BCUT2D eigenvalue weighted by molar-refractivity contribution is 0.140. The largest absolute Gasteiger partial charge is 0.387 e. The van der Waals surface area contributed by atoms with Gasteiger partial charge in [-0.15, -0.1) is 0 Å². The van der Waals surface area contributed by atoms with Crippen LogP contribution >= 0.6 is 0 Å². The fourth-order valence-corrected chi connectivity index (χ4v) is 1.35. The zero-order valence-corrected chi connectivity index (χ0v) is 8.53. The molecule has 2 nitrogen and oxygen atoms in total. The van der Waals surface area contributed by atoms with Crippen molar-refractivity contribution < 1.29 is 13.9 Å². The second-order valence-electron chi connectivity index (χ2n) is 3.49. The van der Waals surface area contributed by atoms with Crippen molar-refractivity contribution >= 4 is 0 Å². The van der Waals surface area contributed by atoms with Crippen molar-refractivity contribution in [3.63, 3.8) is 0 Å². The molecule has 0 aromatic heterocycles. The lowest BCUT2D eigenvalue weighted by atomic mass is 9.99. The molecular weight excluding hydrogens is 200 g/mol. The maximum Gasteiger partial charge on any atom is 0.263 e. The lowest BCUT2D eigenvalue weighted by Crippen LogP contribution is -2.27. The van der Waals surface area contributed by atoms with Crippen molar-refractivity contribution in [1.29, 1.82) is 0 Å². The number of hydrogen-bond acceptors (Lipinski definition) is 2. The standard InChI is InChI=1S/C11H15F2NO/c1-2-9(14)10(15)7-4-3-5-8(6-7)11(12)13/h3-6,9-11,15H,2,14H2,1H3. The van der Waals surface area contributed by atoms with E-state index in [9.17, 15) is 13.9 Å². The Balaban J connectivity index is 2.90. The van der Waals surface area contributed by atoms with Gasteiger partial charge in [-0.1, -0.05) is 25.1 Å². The topological polar surface area (TPSA) is 46.2 Å². The molecule has 4 heteroatoms. The molecule has 0 aliphatic heterocycles. The monoisotopic (exact) mass is 215 g/mol. The third-order valence-corrected chi connectivity index (χ3v) is 2.38. The van der Waals surface area contributed by atoms with Crippen molar-refractivity contribution in [2.75, 3.05) is 0 Å². The molecule has 0 heterocycles. The zero-order valence-electron chi connectivity index (χ0n) is 8.53. The Hall–Kier alpha value is -1.00. The van der Waals surface area contributed by atoms with E-state index in [2.05, 4.69) is 0 Å². The first-order valence-corrected chi connectivity index (χ1v) is 4.88. The minimum atomic E-state index is -2.52. The summed E-state index contributed by atoms with van der Waals surface area (Å²) in [6.07, 6.45) is -2.80. The Morgan fingerprint density at radius 2 is 1.93 bits per heavy atom. The fraction of sp³-hybridized carbons (Fsp3) is 0.455. The second kappa shape index (κ2) is 5.19. The van der Waals surface area contributed by atoms with E-state index in [-0.39, 0.29) is 5.56 Å². The van der Waals surface area contributed by atoms with Gasteiger partial charge in [-0.05, 0) is 18.1 Å². The summed E-state index contributed by atoms with van der Waals surface area (Å²) >= 11 is 0. The molecule has 0 aliphatic rings. The number of benzene rings is 1. The molecule has 15 heavy (non-hydrogen) atoms. The molecule has 0 spiro atoms. The van der Waals surface area contributed by atoms with Crippen LogP contribution in [0.15, 0.2) is 24.3 Å². The van der Waals surface area contributed by atoms with Gasteiger partial charge >= 0.3 is 0 Å². The zero-order chi connectivity index (χ0) is 11.4. The predicted molar refractivity (Wildman–Crippen MR) is 54.6 cm³/mol. The maximum atomic E-state index is 12.4. The van der Waals surface area contributed by atoms with Crippen LogP contribution in [0.25, 0.3) is 0 Å². The summed E-state index contributed by atoms with van der Waals surface area (Å²) in [7, 11) is 0. The number of aliphatic hydroxyl groups excluding tert-OH is 1. The van der Waals surface area contributed by atoms with E-state index < -0.39 is 18.6 Å². The first kappa shape index (κ1) is 12.1. The molecule has 3 N–H and O–H groups in total. The molecule has 2 atom stereocenters. The number of alkyl halides is 2. The molecule has 0 radical (unpaired) electrons. The van der Waals surface area contributed by atoms with Gasteiger partial charge in [0.1, 0.15) is 0 Å². The summed E-state index contributed by atoms with van der Waals surface area (Å²) in [4.78, 5) is 0. The molecule has 1 aromatic rings. The normalized spacial score (nSPS) is 15.3. The molecule has 0 saturated heterocycles. The summed E-state index contributed by atoms with van der Waals surface area (Å²) in [6.45, 7) is 1.84. The molecule has 0 fully saturated rings. The summed E-state index contributed by atoms with van der Waals surface area (Å²) < 4.78 is 24.8. The summed E-state index contributed by atoms with van der Waals surface area (Å²) in [5, 5.41) is 9.73. The highest BCUT2D eigenvalue weighted by atomic mass is 19.3. The number of hydrogen-bond donors (Lipinski definition) is 2. The van der Waals surface area contributed by atoms with E-state index in [0.717, 1.165) is 0 Å². The molecule has 1 aromatic carbocycles. The lowest BCUT2D eigenvalue weighted by Gasteiger charge is -2.18. The van der Waals surface area contributed by atoms with Crippen LogP contribution in [0.1, 0.15) is 37.0 Å². The number of rotatable bonds is 4. The quantitative estimate of drug-likeness (QED) is 0.810. The highest BCUT2D eigenvalue weighted by molar-refractivity contribution is 5.26. The number of halogens is 2. The van der Waals surface area contributed by atoms with Crippen LogP contribution < -0.4 is 5.73 Å². The van der Waals surface area contributed by atoms with Crippen LogP contribution in [0.3, 0.4) is 0 Å². The highest BCUT2D eigenvalue weighted by Gasteiger charge is 2.16. The smallest absolute Gasteiger partial charge is 0.263 e. The van der Waals surface area contributed by atoms with Crippen LogP contribution in [-0.2, 0) is 0 Å². The van der Waals surface area contributed by atoms with Gasteiger partial charge in [0.05, 0.1) is 6.10 Å². The van der Waals surface area contributed by atoms with Gasteiger partial charge in [0.15, 0.2) is 0 Å². The average molecular weight is 215 g/mol. The fourth-order valence-electron chi connectivity index (χ4n) is 1.35. The molecule has 0 bridgehead atoms. The first-order chi connectivity index (χ1) is 7.06. The van der Waals surface area contributed by atoms with Crippen molar-refractivity contribution in [3.8, 4) is 0 Å². The van der Waals surface area contributed by atoms with Gasteiger partial charge in [-0.25, -0.2) is 8.78 Å². The van der Waals surface area contributed by atoms with Gasteiger partial charge in [-0.3, -0.25) is 0 Å². The van der Waals surface area contributed by atoms with Crippen LogP contribution in [0.5, 0.6) is 0 Å². The number of aliphatic hydroxyl groups is 1. The molecule has 0 aliphatic carbocycles. The number of nitrogens with two attached hydrogens (primary N) is 1. The van der Waals surface area contributed by atoms with Gasteiger partial charge in [0.25, 0.3) is 6.43 Å². The van der Waals surface area contributed by atoms with E-state index >= 15 is 0 Å². The Bertz CT molecular complexity index is 317. The third kappa shape index (κ3) is 2.97. The maximum absolute atomic E-state index is 12.4. The van der Waals surface area contributed by atoms with Crippen LogP contribution in [-0.4, -0.2) is 11.1 Å². The van der Waals surface area contributed by atoms with E-state index in [0.29, 0.717) is 12.0 Å². The Kier molecular flexibility index (Phi) is 4.17. The molecular formula is C11H15F2NO. The Labute approximate surface area is 87.7 Å². The van der Waals surface area contributed by atoms with Crippen LogP contribution in [0, 0.1) is 0 Å². The van der Waals surface area contributed by atoms with Crippen molar-refractivity contribution in [1.82, 2.24) is 0 Å². The Morgan fingerprint density at radius 3 is 2.47 bits per heavy atom. The van der Waals surface area contributed by atoms with Gasteiger partial charge in [0.2, 0.25) is 0 Å². The third-order valence-electron chi connectivity index (χ3n) is 2.38. The average Bonchev–Trinajstić information content (AvgIpc) is 2.27. The van der Waals surface area contributed by atoms with Gasteiger partial charge in [0, 0.05) is 11.6 Å². The van der Waals surface area contributed by atoms with E-state index in [1.807, 2.05) is 6.92 Å². The molecule has 84 valence electrons. The van der Waals surface area contributed by atoms with Crippen LogP contribution in [0.4, 0.5) is 8.78 Å². The van der Waals surface area contributed by atoms with Crippen molar-refractivity contribution in [2.45, 2.75) is 31.9 Å². The van der Waals surface area contributed by atoms with Crippen molar-refractivity contribution in [2.24, 2.45) is 5.73 Å². The summed E-state index contributed by atoms with van der Waals surface area (Å²) in [5.41, 5.74) is 6.00. The van der Waals surface area contributed by atoms with Gasteiger partial charge in [-0.2, -0.15) is 0 Å². The minimum absolute atomic E-state index is 0.0881. The molecule has 0 amide bonds. The van der Waals surface area contributed by atoms with E-state index in [1.54, 1.807) is 6.07 Å². The Morgan fingerprint density at radius 1 is 1.33 bits per heavy atom. The van der Waals surface area contributed by atoms with E-state index in [4.69, 9.17) is 5.73 Å². The SMILES string of the molecule is CCC(N)C(O)c1cccc(C(F)F)c1. The molecule has 2 unspecified atom stereocenters. The second-order valence-corrected chi connectivity index (χ2v) is 3.49. The molecule has 0 saturated carbocycles. The van der Waals surface area contributed by atoms with Gasteiger partial charge < -0.3 is 10.8 Å². The van der Waals surface area contributed by atoms with Crippen molar-refractivity contribution in [3.05, 3.63) is 35.4 Å². The first-order valence-electron chi connectivity index (χ1n) is 4.88. The minimum Gasteiger partial charge on any atom is -0.387 e. The summed E-state index contributed by atoms with van der Waals surface area (Å²) in [5.74, 6) is 0. The van der Waals surface area contributed by atoms with E-state index in [1.165, 1.54) is 18.2 Å². The predicted octanol–water partition coefficient (Wildman–Crippen LogP) is 2.39. The molecule has 1 rings (SSSR count). The van der Waals surface area contributed by atoms with Crippen LogP contribution in [0.2, 0.25) is 0 Å².